The normalized spacial score (nSPS) is 11.5. The number of carbonyl (C=O) groups is 1. The lowest BCUT2D eigenvalue weighted by atomic mass is 10.2. The van der Waals surface area contributed by atoms with Crippen molar-refractivity contribution >= 4 is 45.4 Å². The highest BCUT2D eigenvalue weighted by molar-refractivity contribution is 8.05. The molecule has 0 radical (unpaired) electrons. The van der Waals surface area contributed by atoms with Gasteiger partial charge in [0.25, 0.3) is 0 Å². The van der Waals surface area contributed by atoms with Crippen LogP contribution in [-0.4, -0.2) is 30.3 Å². The summed E-state index contributed by atoms with van der Waals surface area (Å²) in [4.78, 5) is 16.3. The minimum Gasteiger partial charge on any atom is -0.493 e. The van der Waals surface area contributed by atoms with Crippen molar-refractivity contribution in [3.05, 3.63) is 52.9 Å². The fourth-order valence-electron chi connectivity index (χ4n) is 2.22. The Morgan fingerprint density at radius 3 is 2.60 bits per heavy atom. The van der Waals surface area contributed by atoms with Gasteiger partial charge in [-0.15, -0.1) is 11.3 Å². The van der Waals surface area contributed by atoms with Crippen LogP contribution < -0.4 is 9.47 Å². The Labute approximate surface area is 152 Å². The Morgan fingerprint density at radius 2 is 1.92 bits per heavy atom. The van der Waals surface area contributed by atoms with Crippen molar-refractivity contribution < 1.29 is 19.4 Å². The first kappa shape index (κ1) is 17.3. The molecule has 3 aromatic rings. The fourth-order valence-corrected chi connectivity index (χ4v) is 4.23. The molecule has 0 aliphatic heterocycles. The van der Waals surface area contributed by atoms with Crippen LogP contribution >= 0.6 is 23.1 Å². The summed E-state index contributed by atoms with van der Waals surface area (Å²) in [5.74, 6) is 0.139. The molecule has 128 valence electrons. The van der Waals surface area contributed by atoms with Crippen LogP contribution in [0.2, 0.25) is 0 Å². The van der Waals surface area contributed by atoms with Gasteiger partial charge in [0.1, 0.15) is 4.91 Å². The SMILES string of the molecule is COc1ccc(/C=C(/Sc2nc3ccccc3s2)C(=O)O)cc1OC. The van der Waals surface area contributed by atoms with E-state index in [1.807, 2.05) is 24.3 Å². The van der Waals surface area contributed by atoms with Crippen LogP contribution in [0.1, 0.15) is 5.56 Å². The minimum atomic E-state index is -1.00. The molecular formula is C18H15NO4S2. The zero-order valence-corrected chi connectivity index (χ0v) is 15.2. The Balaban J connectivity index is 1.92. The topological polar surface area (TPSA) is 68.7 Å². The van der Waals surface area contributed by atoms with E-state index in [1.54, 1.807) is 38.5 Å². The van der Waals surface area contributed by atoms with Gasteiger partial charge >= 0.3 is 5.97 Å². The number of rotatable bonds is 6. The summed E-state index contributed by atoms with van der Waals surface area (Å²) in [5, 5.41) is 9.53. The van der Waals surface area contributed by atoms with Crippen molar-refractivity contribution in [2.24, 2.45) is 0 Å². The number of carboxylic acid groups (broad SMARTS) is 1. The number of nitrogens with zero attached hydrogens (tertiary/aromatic N) is 1. The number of benzene rings is 2. The third kappa shape index (κ3) is 3.94. The third-order valence-electron chi connectivity index (χ3n) is 3.39. The molecule has 0 saturated heterocycles. The molecule has 25 heavy (non-hydrogen) atoms. The first-order chi connectivity index (χ1) is 12.1. The molecule has 0 amide bonds. The van der Waals surface area contributed by atoms with Gasteiger partial charge in [0.15, 0.2) is 15.8 Å². The largest absolute Gasteiger partial charge is 0.493 e. The lowest BCUT2D eigenvalue weighted by Gasteiger charge is -2.08. The molecule has 2 aromatic carbocycles. The smallest absolute Gasteiger partial charge is 0.342 e. The van der Waals surface area contributed by atoms with Gasteiger partial charge in [0.2, 0.25) is 0 Å². The van der Waals surface area contributed by atoms with Crippen LogP contribution in [0.3, 0.4) is 0 Å². The number of carboxylic acids is 1. The molecule has 0 spiro atoms. The summed E-state index contributed by atoms with van der Waals surface area (Å²) in [6.45, 7) is 0. The fraction of sp³-hybridized carbons (Fsp3) is 0.111. The van der Waals surface area contributed by atoms with E-state index in [0.717, 1.165) is 22.0 Å². The second-order valence-electron chi connectivity index (χ2n) is 4.98. The highest BCUT2D eigenvalue weighted by Crippen LogP contribution is 2.35. The first-order valence-corrected chi connectivity index (χ1v) is 8.94. The third-order valence-corrected chi connectivity index (χ3v) is 5.50. The molecule has 0 aliphatic carbocycles. The number of thioether (sulfide) groups is 1. The molecule has 0 atom stereocenters. The summed E-state index contributed by atoms with van der Waals surface area (Å²) in [5.41, 5.74) is 1.58. The van der Waals surface area contributed by atoms with Crippen LogP contribution in [0.4, 0.5) is 0 Å². The Hall–Kier alpha value is -2.51. The van der Waals surface area contributed by atoms with Gasteiger partial charge in [0.05, 0.1) is 24.4 Å². The number of fused-ring (bicyclic) bond motifs is 1. The number of hydrogen-bond acceptors (Lipinski definition) is 6. The van der Waals surface area contributed by atoms with E-state index in [9.17, 15) is 9.90 Å². The van der Waals surface area contributed by atoms with Crippen LogP contribution in [0.5, 0.6) is 11.5 Å². The van der Waals surface area contributed by atoms with Gasteiger partial charge in [-0.25, -0.2) is 9.78 Å². The summed E-state index contributed by atoms with van der Waals surface area (Å²) < 4.78 is 12.2. The molecule has 0 unspecified atom stereocenters. The quantitative estimate of drug-likeness (QED) is 0.506. The summed E-state index contributed by atoms with van der Waals surface area (Å²) in [7, 11) is 3.10. The van der Waals surface area contributed by atoms with Gasteiger partial charge in [-0.1, -0.05) is 30.0 Å². The van der Waals surface area contributed by atoms with Crippen molar-refractivity contribution in [2.45, 2.75) is 4.34 Å². The summed E-state index contributed by atoms with van der Waals surface area (Å²) in [6, 6.07) is 13.0. The molecule has 0 fully saturated rings. The molecule has 1 aromatic heterocycles. The van der Waals surface area contributed by atoms with Crippen LogP contribution in [-0.2, 0) is 4.79 Å². The number of ether oxygens (including phenoxy) is 2. The lowest BCUT2D eigenvalue weighted by Crippen LogP contribution is -1.97. The lowest BCUT2D eigenvalue weighted by molar-refractivity contribution is -0.131. The predicted molar refractivity (Wildman–Crippen MR) is 101 cm³/mol. The van der Waals surface area contributed by atoms with Crippen molar-refractivity contribution in [1.82, 2.24) is 4.98 Å². The molecule has 3 rings (SSSR count). The first-order valence-electron chi connectivity index (χ1n) is 7.31. The number of hydrogen-bond donors (Lipinski definition) is 1. The number of aliphatic carboxylic acids is 1. The predicted octanol–water partition coefficient (Wildman–Crippen LogP) is 4.53. The van der Waals surface area contributed by atoms with E-state index >= 15 is 0 Å². The number of aromatic nitrogens is 1. The molecular weight excluding hydrogens is 358 g/mol. The van der Waals surface area contributed by atoms with Crippen molar-refractivity contribution in [1.29, 1.82) is 0 Å². The molecule has 0 aliphatic rings. The molecule has 7 heteroatoms. The number of para-hydroxylation sites is 1. The minimum absolute atomic E-state index is 0.186. The molecule has 5 nitrogen and oxygen atoms in total. The van der Waals surface area contributed by atoms with E-state index < -0.39 is 5.97 Å². The van der Waals surface area contributed by atoms with Gasteiger partial charge in [-0.2, -0.15) is 0 Å². The maximum atomic E-state index is 11.6. The maximum Gasteiger partial charge on any atom is 0.342 e. The molecule has 0 saturated carbocycles. The van der Waals surface area contributed by atoms with Gasteiger partial charge < -0.3 is 14.6 Å². The van der Waals surface area contributed by atoms with E-state index in [0.29, 0.717) is 21.4 Å². The van der Waals surface area contributed by atoms with Crippen LogP contribution in [0, 0.1) is 0 Å². The van der Waals surface area contributed by atoms with E-state index in [-0.39, 0.29) is 4.91 Å². The van der Waals surface area contributed by atoms with Gasteiger partial charge in [-0.05, 0) is 35.9 Å². The Morgan fingerprint density at radius 1 is 1.16 bits per heavy atom. The molecule has 0 bridgehead atoms. The van der Waals surface area contributed by atoms with E-state index in [4.69, 9.17) is 9.47 Å². The van der Waals surface area contributed by atoms with Crippen molar-refractivity contribution in [2.75, 3.05) is 14.2 Å². The van der Waals surface area contributed by atoms with Crippen molar-refractivity contribution in [3.63, 3.8) is 0 Å². The molecule has 1 N–H and O–H groups in total. The highest BCUT2D eigenvalue weighted by atomic mass is 32.2. The maximum absolute atomic E-state index is 11.6. The number of methoxy groups -OCH3 is 2. The second-order valence-corrected chi connectivity index (χ2v) is 7.30. The zero-order valence-electron chi connectivity index (χ0n) is 13.6. The van der Waals surface area contributed by atoms with Crippen molar-refractivity contribution in [3.8, 4) is 11.5 Å². The second kappa shape index (κ2) is 7.58. The Kier molecular flexibility index (Phi) is 5.25. The average Bonchev–Trinajstić information content (AvgIpc) is 3.03. The van der Waals surface area contributed by atoms with Crippen LogP contribution in [0.25, 0.3) is 16.3 Å². The van der Waals surface area contributed by atoms with Gasteiger partial charge in [0, 0.05) is 0 Å². The monoisotopic (exact) mass is 373 g/mol. The standard InChI is InChI=1S/C18H15NO4S2/c1-22-13-8-7-11(9-14(13)23-2)10-16(17(20)21)25-18-19-12-5-3-4-6-15(12)24-18/h3-10H,1-2H3,(H,20,21)/b16-10+. The van der Waals surface area contributed by atoms with Gasteiger partial charge in [-0.3, -0.25) is 0 Å². The van der Waals surface area contributed by atoms with E-state index in [1.165, 1.54) is 11.3 Å². The summed E-state index contributed by atoms with van der Waals surface area (Å²) >= 11 is 2.61. The van der Waals surface area contributed by atoms with Crippen LogP contribution in [0.15, 0.2) is 51.7 Å². The average molecular weight is 373 g/mol. The molecule has 1 heterocycles. The van der Waals surface area contributed by atoms with E-state index in [2.05, 4.69) is 4.98 Å². The Bertz CT molecular complexity index is 916. The zero-order chi connectivity index (χ0) is 17.8. The summed E-state index contributed by atoms with van der Waals surface area (Å²) in [6.07, 6.45) is 1.60. The number of thiazole rings is 1. The highest BCUT2D eigenvalue weighted by Gasteiger charge is 2.14.